The minimum atomic E-state index is -0.945. The first-order chi connectivity index (χ1) is 13.9. The number of aliphatic carboxylic acids is 1. The summed E-state index contributed by atoms with van der Waals surface area (Å²) >= 11 is 0. The zero-order chi connectivity index (χ0) is 20.5. The van der Waals surface area contributed by atoms with Gasteiger partial charge in [-0.1, -0.05) is 18.2 Å². The highest BCUT2D eigenvalue weighted by atomic mass is 16.4. The van der Waals surface area contributed by atoms with E-state index in [2.05, 4.69) is 33.7 Å². The predicted molar refractivity (Wildman–Crippen MR) is 106 cm³/mol. The Morgan fingerprint density at radius 3 is 2.76 bits per heavy atom. The zero-order valence-corrected chi connectivity index (χ0v) is 16.9. The van der Waals surface area contributed by atoms with Crippen LogP contribution in [0.15, 0.2) is 18.2 Å². The quantitative estimate of drug-likeness (QED) is 0.795. The molecule has 4 rings (SSSR count). The zero-order valence-electron chi connectivity index (χ0n) is 16.9. The molecule has 0 saturated heterocycles. The Labute approximate surface area is 169 Å². The van der Waals surface area contributed by atoms with Crippen LogP contribution in [0.5, 0.6) is 0 Å². The first-order valence-electron chi connectivity index (χ1n) is 10.2. The number of hydrogen-bond donors (Lipinski definition) is 2. The van der Waals surface area contributed by atoms with Gasteiger partial charge >= 0.3 is 5.97 Å². The summed E-state index contributed by atoms with van der Waals surface area (Å²) in [7, 11) is 0. The molecule has 2 N–H and O–H groups in total. The van der Waals surface area contributed by atoms with E-state index in [1.807, 2.05) is 11.5 Å². The van der Waals surface area contributed by atoms with Crippen molar-refractivity contribution >= 4 is 11.9 Å². The summed E-state index contributed by atoms with van der Waals surface area (Å²) in [5.41, 5.74) is 3.88. The third kappa shape index (κ3) is 4.03. The van der Waals surface area contributed by atoms with Crippen molar-refractivity contribution < 1.29 is 14.7 Å². The van der Waals surface area contributed by atoms with Crippen LogP contribution in [0.25, 0.3) is 0 Å². The van der Waals surface area contributed by atoms with Gasteiger partial charge in [0.2, 0.25) is 5.91 Å². The molecule has 2 aromatic rings. The monoisotopic (exact) mass is 397 g/mol. The molecule has 2 heterocycles. The van der Waals surface area contributed by atoms with Crippen LogP contribution in [-0.2, 0) is 35.5 Å². The van der Waals surface area contributed by atoms with Gasteiger partial charge in [-0.25, -0.2) is 0 Å². The average molecular weight is 397 g/mol. The highest BCUT2D eigenvalue weighted by Gasteiger charge is 2.34. The number of amides is 1. The van der Waals surface area contributed by atoms with Crippen LogP contribution in [0, 0.1) is 6.92 Å². The highest BCUT2D eigenvalue weighted by molar-refractivity contribution is 5.80. The number of carbonyl (C=O) groups excluding carboxylic acids is 1. The number of fused-ring (bicyclic) bond motifs is 2. The fourth-order valence-corrected chi connectivity index (χ4v) is 4.34. The van der Waals surface area contributed by atoms with Crippen LogP contribution >= 0.6 is 0 Å². The Kier molecular flexibility index (Phi) is 5.36. The van der Waals surface area contributed by atoms with Gasteiger partial charge in [0.05, 0.1) is 25.7 Å². The Hall–Kier alpha value is -2.74. The number of benzene rings is 1. The fraction of sp³-hybridized carbons (Fsp3) is 0.524. The lowest BCUT2D eigenvalue weighted by Crippen LogP contribution is -2.51. The van der Waals surface area contributed by atoms with E-state index < -0.39 is 12.0 Å². The molecule has 154 valence electrons. The molecule has 2 atom stereocenters. The molecule has 0 radical (unpaired) electrons. The number of nitrogens with one attached hydrogen (secondary N) is 1. The Bertz CT molecular complexity index is 938. The molecular formula is C21H27N5O3. The number of hydrogen-bond acceptors (Lipinski definition) is 5. The summed E-state index contributed by atoms with van der Waals surface area (Å²) in [6.45, 7) is 4.32. The predicted octanol–water partition coefficient (Wildman–Crippen LogP) is 1.61. The number of carbonyl (C=O) groups is 2. The molecule has 1 aromatic carbocycles. The molecule has 0 bridgehead atoms. The first-order valence-corrected chi connectivity index (χ1v) is 10.2. The van der Waals surface area contributed by atoms with Crippen LogP contribution in [0.4, 0.5) is 0 Å². The van der Waals surface area contributed by atoms with Crippen molar-refractivity contribution in [2.75, 3.05) is 6.54 Å². The molecule has 8 heteroatoms. The van der Waals surface area contributed by atoms with Crippen molar-refractivity contribution in [3.8, 4) is 0 Å². The van der Waals surface area contributed by atoms with Gasteiger partial charge in [-0.2, -0.15) is 0 Å². The normalized spacial score (nSPS) is 19.9. The molecule has 2 aliphatic rings. The third-order valence-corrected chi connectivity index (χ3v) is 6.03. The van der Waals surface area contributed by atoms with Crippen molar-refractivity contribution in [1.29, 1.82) is 0 Å². The standard InChI is InChI=1S/C21H27N5O3/c1-13(16-8-7-15-5-3-4-6-17(15)9-16)22-20(27)12-25-11-19-24-23-14(2)26(19)10-18(25)21(28)29/h7-9,13,18H,3-6,10-12H2,1-2H3,(H,22,27)(H,28,29). The second-order valence-electron chi connectivity index (χ2n) is 8.06. The number of aromatic nitrogens is 3. The summed E-state index contributed by atoms with van der Waals surface area (Å²) in [6.07, 6.45) is 4.68. The third-order valence-electron chi connectivity index (χ3n) is 6.03. The van der Waals surface area contributed by atoms with Gasteiger partial charge in [0.1, 0.15) is 17.7 Å². The molecule has 0 fully saturated rings. The van der Waals surface area contributed by atoms with Crippen molar-refractivity contribution in [3.05, 3.63) is 46.5 Å². The lowest BCUT2D eigenvalue weighted by atomic mass is 9.89. The molecular weight excluding hydrogens is 370 g/mol. The number of aryl methyl sites for hydroxylation is 3. The van der Waals surface area contributed by atoms with Gasteiger partial charge in [0.25, 0.3) is 0 Å². The summed E-state index contributed by atoms with van der Waals surface area (Å²) in [5.74, 6) is 0.248. The van der Waals surface area contributed by atoms with Crippen LogP contribution in [0.3, 0.4) is 0 Å². The van der Waals surface area contributed by atoms with Gasteiger partial charge in [0.15, 0.2) is 0 Å². The molecule has 0 spiro atoms. The lowest BCUT2D eigenvalue weighted by molar-refractivity contribution is -0.145. The maximum Gasteiger partial charge on any atom is 0.322 e. The van der Waals surface area contributed by atoms with Crippen LogP contribution in [0.1, 0.15) is 54.1 Å². The number of nitrogens with zero attached hydrogens (tertiary/aromatic N) is 4. The maximum atomic E-state index is 12.7. The molecule has 29 heavy (non-hydrogen) atoms. The molecule has 0 saturated carbocycles. The van der Waals surface area contributed by atoms with Crippen molar-refractivity contribution in [3.63, 3.8) is 0 Å². The molecule has 8 nitrogen and oxygen atoms in total. The largest absolute Gasteiger partial charge is 0.480 e. The number of carboxylic acid groups (broad SMARTS) is 1. The van der Waals surface area contributed by atoms with E-state index in [4.69, 9.17) is 0 Å². The van der Waals surface area contributed by atoms with E-state index in [1.54, 1.807) is 11.8 Å². The SMILES string of the molecule is Cc1nnc2n1CC(C(=O)O)N(CC(=O)NC(C)c1ccc3c(c1)CCCC3)C2. The smallest absolute Gasteiger partial charge is 0.322 e. The molecule has 2 unspecified atom stereocenters. The van der Waals surface area contributed by atoms with Crippen LogP contribution in [-0.4, -0.2) is 49.2 Å². The molecule has 1 aliphatic carbocycles. The minimum absolute atomic E-state index is 0.0121. The van der Waals surface area contributed by atoms with Crippen LogP contribution < -0.4 is 5.32 Å². The average Bonchev–Trinajstić information content (AvgIpc) is 3.06. The fourth-order valence-electron chi connectivity index (χ4n) is 4.34. The summed E-state index contributed by atoms with van der Waals surface area (Å²) < 4.78 is 1.81. The second kappa shape index (κ2) is 7.94. The summed E-state index contributed by atoms with van der Waals surface area (Å²) in [4.78, 5) is 26.1. The number of carboxylic acids is 1. The second-order valence-corrected chi connectivity index (χ2v) is 8.06. The Morgan fingerprint density at radius 1 is 1.24 bits per heavy atom. The highest BCUT2D eigenvalue weighted by Crippen LogP contribution is 2.25. The van der Waals surface area contributed by atoms with E-state index in [9.17, 15) is 14.7 Å². The van der Waals surface area contributed by atoms with E-state index >= 15 is 0 Å². The van der Waals surface area contributed by atoms with Crippen molar-refractivity contribution in [2.24, 2.45) is 0 Å². The first kappa shape index (κ1) is 19.6. The van der Waals surface area contributed by atoms with Gasteiger partial charge in [0, 0.05) is 0 Å². The lowest BCUT2D eigenvalue weighted by Gasteiger charge is -2.33. The van der Waals surface area contributed by atoms with Crippen molar-refractivity contribution in [1.82, 2.24) is 25.0 Å². The topological polar surface area (TPSA) is 100 Å². The number of rotatable bonds is 5. The van der Waals surface area contributed by atoms with Gasteiger partial charge in [-0.3, -0.25) is 14.5 Å². The van der Waals surface area contributed by atoms with E-state index in [-0.39, 0.29) is 25.0 Å². The van der Waals surface area contributed by atoms with Crippen molar-refractivity contribution in [2.45, 2.75) is 64.7 Å². The van der Waals surface area contributed by atoms with Gasteiger partial charge in [-0.15, -0.1) is 10.2 Å². The Balaban J connectivity index is 1.42. The summed E-state index contributed by atoms with van der Waals surface area (Å²) in [5, 5.41) is 20.8. The summed E-state index contributed by atoms with van der Waals surface area (Å²) in [6, 6.07) is 5.55. The van der Waals surface area contributed by atoms with Gasteiger partial charge < -0.3 is 15.0 Å². The minimum Gasteiger partial charge on any atom is -0.480 e. The van der Waals surface area contributed by atoms with E-state index in [0.717, 1.165) is 18.4 Å². The van der Waals surface area contributed by atoms with Gasteiger partial charge in [-0.05, 0) is 56.2 Å². The maximum absolute atomic E-state index is 12.7. The molecule has 1 aliphatic heterocycles. The molecule has 1 amide bonds. The molecule has 1 aromatic heterocycles. The van der Waals surface area contributed by atoms with Crippen LogP contribution in [0.2, 0.25) is 0 Å². The van der Waals surface area contributed by atoms with E-state index in [1.165, 1.54) is 24.0 Å². The van der Waals surface area contributed by atoms with E-state index in [0.29, 0.717) is 18.2 Å². The Morgan fingerprint density at radius 2 is 2.00 bits per heavy atom.